The van der Waals surface area contributed by atoms with E-state index in [0.29, 0.717) is 5.92 Å². The molecule has 1 aliphatic carbocycles. The molecule has 5 aromatic heterocycles. The number of aromatic nitrogens is 5. The Hall–Kier alpha value is -8.54. The molecule has 5 nitrogen and oxygen atoms in total. The molecule has 0 aliphatic heterocycles. The molecule has 66 heavy (non-hydrogen) atoms. The summed E-state index contributed by atoms with van der Waals surface area (Å²) in [4.78, 5) is 10.1. The molecule has 0 N–H and O–H groups in total. The van der Waals surface area contributed by atoms with Gasteiger partial charge in [0.05, 0.1) is 50.2 Å². The second-order valence-electron chi connectivity index (χ2n) is 17.1. The molecule has 0 saturated carbocycles. The standard InChI is InChI=1S/C59H41N5.C2H4/c1-38-23-27-47-48-28-24-42(34-58(48)63(57(47)32-38)44-26-30-55-50(35-44)59-56(22-13-31-60-59)62(55)43-18-9-4-10-19-43)41-25-29-54-49(33-41)46-20-11-12-21-53(46)64(54)45-36-51(39-14-5-2-6-15-39)61-52(37-45)40-16-7-3-8-17-40;1-2/h2-31,33-38H,32H2,1H3;1-2H2. The van der Waals surface area contributed by atoms with Crippen LogP contribution in [0.4, 0.5) is 0 Å². The molecule has 5 heterocycles. The molecule has 13 rings (SSSR count). The Labute approximate surface area is 383 Å². The highest BCUT2D eigenvalue weighted by Crippen LogP contribution is 2.41. The summed E-state index contributed by atoms with van der Waals surface area (Å²) in [5, 5.41) is 4.84. The summed E-state index contributed by atoms with van der Waals surface area (Å²) < 4.78 is 7.26. The van der Waals surface area contributed by atoms with Gasteiger partial charge in [0.15, 0.2) is 0 Å². The Kier molecular flexibility index (Phi) is 9.42. The van der Waals surface area contributed by atoms with E-state index in [9.17, 15) is 0 Å². The van der Waals surface area contributed by atoms with Gasteiger partial charge in [0.1, 0.15) is 0 Å². The van der Waals surface area contributed by atoms with Crippen LogP contribution in [0.2, 0.25) is 0 Å². The van der Waals surface area contributed by atoms with Gasteiger partial charge in [-0.25, -0.2) is 4.98 Å². The van der Waals surface area contributed by atoms with Crippen molar-refractivity contribution in [1.29, 1.82) is 0 Å². The minimum atomic E-state index is 0.438. The second kappa shape index (κ2) is 15.9. The number of pyridine rings is 2. The number of fused-ring (bicyclic) bond motifs is 9. The van der Waals surface area contributed by atoms with Gasteiger partial charge in [-0.2, -0.15) is 0 Å². The Morgan fingerprint density at radius 2 is 1.05 bits per heavy atom. The Morgan fingerprint density at radius 1 is 0.439 bits per heavy atom. The first-order valence-corrected chi connectivity index (χ1v) is 22.6. The maximum absolute atomic E-state index is 5.20. The predicted molar refractivity (Wildman–Crippen MR) is 277 cm³/mol. The van der Waals surface area contributed by atoms with Gasteiger partial charge >= 0.3 is 0 Å². The lowest BCUT2D eigenvalue weighted by molar-refractivity contribution is 0.691. The molecule has 5 heteroatoms. The highest BCUT2D eigenvalue weighted by atomic mass is 15.0. The maximum atomic E-state index is 5.20. The lowest BCUT2D eigenvalue weighted by Crippen LogP contribution is -2.08. The molecule has 0 bridgehead atoms. The minimum Gasteiger partial charge on any atom is -0.313 e. The predicted octanol–water partition coefficient (Wildman–Crippen LogP) is 15.6. The molecular weight excluding hydrogens is 803 g/mol. The molecule has 314 valence electrons. The van der Waals surface area contributed by atoms with Crippen molar-refractivity contribution in [3.63, 3.8) is 0 Å². The number of benzene rings is 7. The molecular formula is C61H45N5. The zero-order valence-electron chi connectivity index (χ0n) is 36.6. The third-order valence-corrected chi connectivity index (χ3v) is 13.2. The minimum absolute atomic E-state index is 0.438. The van der Waals surface area contributed by atoms with Crippen molar-refractivity contribution < 1.29 is 0 Å². The van der Waals surface area contributed by atoms with Gasteiger partial charge in [0.2, 0.25) is 0 Å². The third kappa shape index (κ3) is 6.31. The number of allylic oxidation sites excluding steroid dienone is 1. The molecule has 7 aromatic carbocycles. The summed E-state index contributed by atoms with van der Waals surface area (Å²) in [6.07, 6.45) is 7.58. The molecule has 0 spiro atoms. The summed E-state index contributed by atoms with van der Waals surface area (Å²) in [5.41, 5.74) is 19.2. The Balaban J connectivity index is 0.00000225. The van der Waals surface area contributed by atoms with E-state index >= 15 is 0 Å². The van der Waals surface area contributed by atoms with Crippen molar-refractivity contribution >= 4 is 60.7 Å². The van der Waals surface area contributed by atoms with Crippen LogP contribution in [0.3, 0.4) is 0 Å². The van der Waals surface area contributed by atoms with E-state index in [2.05, 4.69) is 234 Å². The number of hydrogen-bond donors (Lipinski definition) is 0. The fraction of sp³-hybridized carbons (Fsp3) is 0.0492. The first kappa shape index (κ1) is 39.1. The van der Waals surface area contributed by atoms with E-state index in [1.807, 2.05) is 12.3 Å². The Morgan fingerprint density at radius 3 is 1.80 bits per heavy atom. The lowest BCUT2D eigenvalue weighted by Gasteiger charge is -2.17. The topological polar surface area (TPSA) is 40.6 Å². The number of nitrogens with zero attached hydrogens (tertiary/aromatic N) is 5. The molecule has 0 radical (unpaired) electrons. The van der Waals surface area contributed by atoms with Gasteiger partial charge in [0.25, 0.3) is 0 Å². The summed E-state index contributed by atoms with van der Waals surface area (Å²) in [5.74, 6) is 0.438. The quantitative estimate of drug-likeness (QED) is 0.156. The molecule has 12 aromatic rings. The van der Waals surface area contributed by atoms with Crippen molar-refractivity contribution in [1.82, 2.24) is 23.7 Å². The number of rotatable bonds is 6. The monoisotopic (exact) mass is 847 g/mol. The van der Waals surface area contributed by atoms with Crippen molar-refractivity contribution in [2.45, 2.75) is 13.3 Å². The lowest BCUT2D eigenvalue weighted by atomic mass is 9.94. The van der Waals surface area contributed by atoms with Crippen LogP contribution in [0, 0.1) is 5.92 Å². The maximum Gasteiger partial charge on any atom is 0.0964 e. The average molecular weight is 848 g/mol. The number of hydrogen-bond acceptors (Lipinski definition) is 2. The second-order valence-corrected chi connectivity index (χ2v) is 17.1. The largest absolute Gasteiger partial charge is 0.313 e. The summed E-state index contributed by atoms with van der Waals surface area (Å²) in [6, 6.07) is 70.0. The molecule has 1 atom stereocenters. The van der Waals surface area contributed by atoms with Crippen molar-refractivity contribution in [3.05, 3.63) is 231 Å². The smallest absolute Gasteiger partial charge is 0.0964 e. The third-order valence-electron chi connectivity index (χ3n) is 13.2. The van der Waals surface area contributed by atoms with Gasteiger partial charge in [0, 0.05) is 61.5 Å². The van der Waals surface area contributed by atoms with E-state index in [1.54, 1.807) is 0 Å². The van der Waals surface area contributed by atoms with E-state index in [0.717, 1.165) is 79.0 Å². The van der Waals surface area contributed by atoms with Crippen molar-refractivity contribution in [2.24, 2.45) is 5.92 Å². The van der Waals surface area contributed by atoms with Gasteiger partial charge < -0.3 is 13.7 Å². The SMILES string of the molecule is C=C.CC1C=Cc2c(n(-c3ccc4c(c3)c3ncccc3n4-c3ccccc3)c3cc(-c4ccc5c(c4)c4ccccc4n5-c4cc(-c5ccccc5)nc(-c5ccccc5)c4)ccc23)C1. The Bertz CT molecular complexity index is 3780. The van der Waals surface area contributed by atoms with E-state index < -0.39 is 0 Å². The summed E-state index contributed by atoms with van der Waals surface area (Å²) in [6.45, 7) is 8.32. The van der Waals surface area contributed by atoms with E-state index in [-0.39, 0.29) is 0 Å². The zero-order valence-corrected chi connectivity index (χ0v) is 36.6. The van der Waals surface area contributed by atoms with Crippen LogP contribution in [0.1, 0.15) is 18.2 Å². The first-order valence-electron chi connectivity index (χ1n) is 22.6. The molecule has 1 aliphatic rings. The van der Waals surface area contributed by atoms with Crippen LogP contribution < -0.4 is 0 Å². The summed E-state index contributed by atoms with van der Waals surface area (Å²) >= 11 is 0. The van der Waals surface area contributed by atoms with Crippen molar-refractivity contribution in [2.75, 3.05) is 0 Å². The normalized spacial score (nSPS) is 13.4. The van der Waals surface area contributed by atoms with Crippen LogP contribution in [-0.4, -0.2) is 23.7 Å². The molecule has 0 amide bonds. The fourth-order valence-electron chi connectivity index (χ4n) is 10.3. The number of para-hydroxylation sites is 2. The van der Waals surface area contributed by atoms with Gasteiger partial charge in [-0.3, -0.25) is 4.98 Å². The zero-order chi connectivity index (χ0) is 44.3. The van der Waals surface area contributed by atoms with E-state index in [1.165, 1.54) is 44.1 Å². The van der Waals surface area contributed by atoms with Crippen molar-refractivity contribution in [3.8, 4) is 50.7 Å². The molecule has 0 saturated heterocycles. The van der Waals surface area contributed by atoms with Crippen LogP contribution >= 0.6 is 0 Å². The first-order chi connectivity index (χ1) is 32.6. The highest BCUT2D eigenvalue weighted by Gasteiger charge is 2.24. The summed E-state index contributed by atoms with van der Waals surface area (Å²) in [7, 11) is 0. The van der Waals surface area contributed by atoms with Gasteiger partial charge in [-0.1, -0.05) is 134 Å². The highest BCUT2D eigenvalue weighted by molar-refractivity contribution is 6.11. The van der Waals surface area contributed by atoms with Crippen LogP contribution in [0.5, 0.6) is 0 Å². The van der Waals surface area contributed by atoms with Crippen LogP contribution in [0.25, 0.3) is 111 Å². The fourth-order valence-corrected chi connectivity index (χ4v) is 10.3. The molecule has 1 unspecified atom stereocenters. The average Bonchev–Trinajstić information content (AvgIpc) is 4.02. The van der Waals surface area contributed by atoms with E-state index in [4.69, 9.17) is 9.97 Å². The molecule has 0 fully saturated rings. The van der Waals surface area contributed by atoms with Gasteiger partial charge in [-0.15, -0.1) is 13.2 Å². The van der Waals surface area contributed by atoms with Crippen LogP contribution in [0.15, 0.2) is 220 Å². The van der Waals surface area contributed by atoms with Crippen LogP contribution in [-0.2, 0) is 6.42 Å². The van der Waals surface area contributed by atoms with Gasteiger partial charge in [-0.05, 0) is 102 Å².